The maximum Gasteiger partial charge on any atom is 0.223 e. The van der Waals surface area contributed by atoms with Crippen LogP contribution >= 0.6 is 0 Å². The Hall–Kier alpha value is -1.39. The third-order valence-corrected chi connectivity index (χ3v) is 5.26. The van der Waals surface area contributed by atoms with E-state index in [1.807, 2.05) is 30.0 Å². The van der Waals surface area contributed by atoms with Crippen LogP contribution in [-0.2, 0) is 11.3 Å². The van der Waals surface area contributed by atoms with E-state index in [2.05, 4.69) is 30.9 Å². The summed E-state index contributed by atoms with van der Waals surface area (Å²) in [6.07, 6.45) is 2.86. The second-order valence-electron chi connectivity index (χ2n) is 7.82. The summed E-state index contributed by atoms with van der Waals surface area (Å²) in [4.78, 5) is 17.3. The van der Waals surface area contributed by atoms with Crippen molar-refractivity contribution in [3.05, 3.63) is 35.9 Å². The zero-order chi connectivity index (χ0) is 18.2. The average molecular weight is 347 g/mol. The van der Waals surface area contributed by atoms with Gasteiger partial charge in [-0.3, -0.25) is 4.79 Å². The standard InChI is InChI=1S/C21H34N2O2/c1-17(2)22-11-9-19(10-12-22)13-21(25)23(14-18(3)16-24)15-20-7-5-4-6-8-20/h4-8,17-19,24H,9-16H2,1-3H3. The number of hydrogen-bond donors (Lipinski definition) is 1. The van der Waals surface area contributed by atoms with E-state index < -0.39 is 0 Å². The molecule has 0 aromatic heterocycles. The van der Waals surface area contributed by atoms with Gasteiger partial charge < -0.3 is 14.9 Å². The first kappa shape index (κ1) is 19.9. The number of aliphatic hydroxyl groups is 1. The van der Waals surface area contributed by atoms with Crippen LogP contribution in [-0.4, -0.2) is 53.1 Å². The third-order valence-electron chi connectivity index (χ3n) is 5.26. The molecule has 1 heterocycles. The molecule has 1 atom stereocenters. The largest absolute Gasteiger partial charge is 0.396 e. The van der Waals surface area contributed by atoms with Crippen molar-refractivity contribution in [1.29, 1.82) is 0 Å². The van der Waals surface area contributed by atoms with Gasteiger partial charge in [0.15, 0.2) is 0 Å². The Balaban J connectivity index is 1.93. The molecule has 0 aliphatic carbocycles. The SMILES string of the molecule is CC(CO)CN(Cc1ccccc1)C(=O)CC1CCN(C(C)C)CC1. The molecule has 2 rings (SSSR count). The number of rotatable bonds is 8. The van der Waals surface area contributed by atoms with Crippen LogP contribution in [0.3, 0.4) is 0 Å². The van der Waals surface area contributed by atoms with Gasteiger partial charge in [-0.1, -0.05) is 37.3 Å². The normalized spacial score (nSPS) is 17.6. The number of piperidine rings is 1. The first-order chi connectivity index (χ1) is 12.0. The highest BCUT2D eigenvalue weighted by Gasteiger charge is 2.25. The fourth-order valence-electron chi connectivity index (χ4n) is 3.54. The van der Waals surface area contributed by atoms with E-state index in [0.29, 0.717) is 31.5 Å². The van der Waals surface area contributed by atoms with E-state index in [0.717, 1.165) is 31.5 Å². The Morgan fingerprint density at radius 1 is 1.20 bits per heavy atom. The highest BCUT2D eigenvalue weighted by Crippen LogP contribution is 2.23. The Morgan fingerprint density at radius 3 is 2.40 bits per heavy atom. The molecule has 25 heavy (non-hydrogen) atoms. The van der Waals surface area contributed by atoms with Gasteiger partial charge in [0.05, 0.1) is 0 Å². The monoisotopic (exact) mass is 346 g/mol. The van der Waals surface area contributed by atoms with Gasteiger partial charge in [0.25, 0.3) is 0 Å². The summed E-state index contributed by atoms with van der Waals surface area (Å²) in [5.41, 5.74) is 1.15. The lowest BCUT2D eigenvalue weighted by atomic mass is 9.92. The lowest BCUT2D eigenvalue weighted by Gasteiger charge is -2.35. The van der Waals surface area contributed by atoms with E-state index in [-0.39, 0.29) is 18.4 Å². The molecule has 1 aromatic rings. The first-order valence-electron chi connectivity index (χ1n) is 9.66. The minimum absolute atomic E-state index is 0.107. The van der Waals surface area contributed by atoms with Gasteiger partial charge in [-0.05, 0) is 57.2 Å². The second kappa shape index (κ2) is 9.93. The number of carbonyl (C=O) groups excluding carboxylic acids is 1. The van der Waals surface area contributed by atoms with Gasteiger partial charge >= 0.3 is 0 Å². The lowest BCUT2D eigenvalue weighted by Crippen LogP contribution is -2.41. The Labute approximate surface area is 152 Å². The molecule has 1 unspecified atom stereocenters. The van der Waals surface area contributed by atoms with E-state index in [1.165, 1.54) is 0 Å². The van der Waals surface area contributed by atoms with Crippen molar-refractivity contribution in [3.63, 3.8) is 0 Å². The molecule has 1 aliphatic rings. The number of amides is 1. The quantitative estimate of drug-likeness (QED) is 0.786. The summed E-state index contributed by atoms with van der Waals surface area (Å²) in [5.74, 6) is 0.827. The van der Waals surface area contributed by atoms with Gasteiger partial charge in [-0.25, -0.2) is 0 Å². The minimum Gasteiger partial charge on any atom is -0.396 e. The molecule has 1 N–H and O–H groups in total. The van der Waals surface area contributed by atoms with Crippen LogP contribution in [0.2, 0.25) is 0 Å². The van der Waals surface area contributed by atoms with E-state index in [9.17, 15) is 9.90 Å². The number of carbonyl (C=O) groups is 1. The third kappa shape index (κ3) is 6.44. The Kier molecular flexibility index (Phi) is 7.91. The molecule has 1 fully saturated rings. The van der Waals surface area contributed by atoms with Crippen molar-refractivity contribution >= 4 is 5.91 Å². The maximum atomic E-state index is 12.9. The number of likely N-dealkylation sites (tertiary alicyclic amines) is 1. The van der Waals surface area contributed by atoms with Gasteiger partial charge in [0.1, 0.15) is 0 Å². The van der Waals surface area contributed by atoms with Gasteiger partial charge in [0.2, 0.25) is 5.91 Å². The van der Waals surface area contributed by atoms with Crippen molar-refractivity contribution in [3.8, 4) is 0 Å². The fourth-order valence-corrected chi connectivity index (χ4v) is 3.54. The molecule has 1 amide bonds. The molecule has 4 heteroatoms. The molecule has 1 saturated heterocycles. The minimum atomic E-state index is 0.107. The second-order valence-corrected chi connectivity index (χ2v) is 7.82. The van der Waals surface area contributed by atoms with Crippen LogP contribution in [0.15, 0.2) is 30.3 Å². The van der Waals surface area contributed by atoms with Gasteiger partial charge in [-0.15, -0.1) is 0 Å². The summed E-state index contributed by atoms with van der Waals surface area (Å²) in [5, 5.41) is 9.39. The predicted molar refractivity (Wildman–Crippen MR) is 102 cm³/mol. The van der Waals surface area contributed by atoms with Gasteiger partial charge in [0, 0.05) is 32.2 Å². The van der Waals surface area contributed by atoms with Crippen LogP contribution in [0.5, 0.6) is 0 Å². The van der Waals surface area contributed by atoms with Crippen molar-refractivity contribution < 1.29 is 9.90 Å². The van der Waals surface area contributed by atoms with Crippen LogP contribution in [0.4, 0.5) is 0 Å². The average Bonchev–Trinajstić information content (AvgIpc) is 2.62. The zero-order valence-electron chi connectivity index (χ0n) is 16.0. The molecule has 0 spiro atoms. The molecule has 1 aliphatic heterocycles. The van der Waals surface area contributed by atoms with Crippen LogP contribution in [0.1, 0.15) is 45.6 Å². The molecule has 0 bridgehead atoms. The van der Waals surface area contributed by atoms with Gasteiger partial charge in [-0.2, -0.15) is 0 Å². The highest BCUT2D eigenvalue weighted by molar-refractivity contribution is 5.76. The first-order valence-corrected chi connectivity index (χ1v) is 9.66. The van der Waals surface area contributed by atoms with Crippen LogP contribution < -0.4 is 0 Å². The van der Waals surface area contributed by atoms with E-state index in [1.54, 1.807) is 0 Å². The summed E-state index contributed by atoms with van der Waals surface area (Å²) < 4.78 is 0. The number of aliphatic hydroxyl groups excluding tert-OH is 1. The predicted octanol–water partition coefficient (Wildman–Crippen LogP) is 3.15. The van der Waals surface area contributed by atoms with E-state index in [4.69, 9.17) is 0 Å². The Morgan fingerprint density at radius 2 is 1.84 bits per heavy atom. The zero-order valence-corrected chi connectivity index (χ0v) is 16.0. The summed E-state index contributed by atoms with van der Waals surface area (Å²) in [6, 6.07) is 10.7. The number of hydrogen-bond acceptors (Lipinski definition) is 3. The summed E-state index contributed by atoms with van der Waals surface area (Å²) in [6.45, 7) is 10.0. The lowest BCUT2D eigenvalue weighted by molar-refractivity contribution is -0.134. The Bertz CT molecular complexity index is 510. The maximum absolute atomic E-state index is 12.9. The topological polar surface area (TPSA) is 43.8 Å². The van der Waals surface area contributed by atoms with Crippen molar-refractivity contribution in [2.45, 2.75) is 52.6 Å². The molecule has 4 nitrogen and oxygen atoms in total. The summed E-state index contributed by atoms with van der Waals surface area (Å²) >= 11 is 0. The number of nitrogens with zero attached hydrogens (tertiary/aromatic N) is 2. The molecular formula is C21H34N2O2. The van der Waals surface area contributed by atoms with Crippen molar-refractivity contribution in [1.82, 2.24) is 9.80 Å². The van der Waals surface area contributed by atoms with Crippen LogP contribution in [0, 0.1) is 11.8 Å². The van der Waals surface area contributed by atoms with Crippen LogP contribution in [0.25, 0.3) is 0 Å². The molecule has 1 aromatic carbocycles. The van der Waals surface area contributed by atoms with Crippen molar-refractivity contribution in [2.75, 3.05) is 26.2 Å². The molecule has 140 valence electrons. The molecular weight excluding hydrogens is 312 g/mol. The number of benzene rings is 1. The van der Waals surface area contributed by atoms with Crippen molar-refractivity contribution in [2.24, 2.45) is 11.8 Å². The van der Waals surface area contributed by atoms with E-state index >= 15 is 0 Å². The summed E-state index contributed by atoms with van der Waals surface area (Å²) in [7, 11) is 0. The fraction of sp³-hybridized carbons (Fsp3) is 0.667. The smallest absolute Gasteiger partial charge is 0.223 e. The highest BCUT2D eigenvalue weighted by atomic mass is 16.3. The molecule has 0 saturated carbocycles. The molecule has 0 radical (unpaired) electrons.